The maximum Gasteiger partial charge on any atom is 0.241 e. The van der Waals surface area contributed by atoms with Crippen molar-refractivity contribution in [1.29, 1.82) is 0 Å². The molecule has 2 amide bonds. The SMILES string of the molecule is CN1CCN(c2cc(NC3CC(=O)N(C4CC4)C3)ncn2)CC1=O. The number of hydrogen-bond donors (Lipinski definition) is 1. The fourth-order valence-corrected chi connectivity index (χ4v) is 3.33. The molecular formula is C16H22N6O2. The highest BCUT2D eigenvalue weighted by Crippen LogP contribution is 2.31. The zero-order valence-corrected chi connectivity index (χ0v) is 13.8. The van der Waals surface area contributed by atoms with E-state index >= 15 is 0 Å². The van der Waals surface area contributed by atoms with E-state index in [1.165, 1.54) is 6.33 Å². The van der Waals surface area contributed by atoms with E-state index in [0.29, 0.717) is 31.4 Å². The van der Waals surface area contributed by atoms with E-state index in [-0.39, 0.29) is 17.9 Å². The first-order valence-corrected chi connectivity index (χ1v) is 8.47. The molecule has 128 valence electrons. The first-order chi connectivity index (χ1) is 11.6. The third-order valence-corrected chi connectivity index (χ3v) is 4.93. The van der Waals surface area contributed by atoms with Crippen LogP contribution in [0.1, 0.15) is 19.3 Å². The fraction of sp³-hybridized carbons (Fsp3) is 0.625. The summed E-state index contributed by atoms with van der Waals surface area (Å²) in [5, 5.41) is 3.35. The molecule has 3 fully saturated rings. The number of likely N-dealkylation sites (tertiary alicyclic amines) is 1. The van der Waals surface area contributed by atoms with Gasteiger partial charge in [-0.3, -0.25) is 9.59 Å². The van der Waals surface area contributed by atoms with Gasteiger partial charge >= 0.3 is 0 Å². The Bertz CT molecular complexity index is 662. The van der Waals surface area contributed by atoms with Crippen LogP contribution in [0.4, 0.5) is 11.6 Å². The number of amides is 2. The lowest BCUT2D eigenvalue weighted by atomic mass is 10.2. The first kappa shape index (κ1) is 15.2. The fourth-order valence-electron chi connectivity index (χ4n) is 3.33. The zero-order chi connectivity index (χ0) is 16.7. The molecule has 1 N–H and O–H groups in total. The van der Waals surface area contributed by atoms with Gasteiger partial charge in [0.15, 0.2) is 0 Å². The van der Waals surface area contributed by atoms with Crippen LogP contribution < -0.4 is 10.2 Å². The topological polar surface area (TPSA) is 81.7 Å². The number of anilines is 2. The second-order valence-electron chi connectivity index (χ2n) is 6.82. The minimum Gasteiger partial charge on any atom is -0.365 e. The van der Waals surface area contributed by atoms with Gasteiger partial charge in [0, 0.05) is 45.2 Å². The van der Waals surface area contributed by atoms with E-state index in [1.807, 2.05) is 22.9 Å². The summed E-state index contributed by atoms with van der Waals surface area (Å²) in [5.74, 6) is 1.78. The molecule has 24 heavy (non-hydrogen) atoms. The highest BCUT2D eigenvalue weighted by Gasteiger charge is 2.39. The van der Waals surface area contributed by atoms with Crippen molar-refractivity contribution < 1.29 is 9.59 Å². The first-order valence-electron chi connectivity index (χ1n) is 8.47. The van der Waals surface area contributed by atoms with Gasteiger partial charge < -0.3 is 20.0 Å². The van der Waals surface area contributed by atoms with Crippen LogP contribution >= 0.6 is 0 Å². The number of piperazine rings is 1. The second-order valence-corrected chi connectivity index (χ2v) is 6.82. The van der Waals surface area contributed by atoms with Gasteiger partial charge in [0.05, 0.1) is 12.6 Å². The average molecular weight is 330 g/mol. The normalized spacial score (nSPS) is 24.7. The molecule has 0 spiro atoms. The molecule has 1 unspecified atom stereocenters. The number of hydrogen-bond acceptors (Lipinski definition) is 6. The van der Waals surface area contributed by atoms with Gasteiger partial charge in [-0.25, -0.2) is 9.97 Å². The van der Waals surface area contributed by atoms with Crippen LogP contribution in [0.5, 0.6) is 0 Å². The largest absolute Gasteiger partial charge is 0.365 e. The molecule has 1 atom stereocenters. The molecular weight excluding hydrogens is 308 g/mol. The van der Waals surface area contributed by atoms with Crippen LogP contribution in [-0.4, -0.2) is 76.9 Å². The van der Waals surface area contributed by atoms with Crippen LogP contribution in [0.3, 0.4) is 0 Å². The van der Waals surface area contributed by atoms with Crippen molar-refractivity contribution in [1.82, 2.24) is 19.8 Å². The number of nitrogens with zero attached hydrogens (tertiary/aromatic N) is 5. The van der Waals surface area contributed by atoms with Crippen LogP contribution in [0.15, 0.2) is 12.4 Å². The Kier molecular flexibility index (Phi) is 3.74. The zero-order valence-electron chi connectivity index (χ0n) is 13.8. The summed E-state index contributed by atoms with van der Waals surface area (Å²) in [6.45, 7) is 2.54. The van der Waals surface area contributed by atoms with Crippen LogP contribution in [0.2, 0.25) is 0 Å². The van der Waals surface area contributed by atoms with Gasteiger partial charge in [-0.05, 0) is 12.8 Å². The molecule has 8 heteroatoms. The number of nitrogens with one attached hydrogen (secondary N) is 1. The van der Waals surface area contributed by atoms with E-state index < -0.39 is 0 Å². The van der Waals surface area contributed by atoms with Crippen molar-refractivity contribution in [2.75, 3.05) is 43.4 Å². The highest BCUT2D eigenvalue weighted by atomic mass is 16.2. The summed E-state index contributed by atoms with van der Waals surface area (Å²) in [6.07, 6.45) is 4.29. The van der Waals surface area contributed by atoms with E-state index in [4.69, 9.17) is 0 Å². The molecule has 1 saturated carbocycles. The van der Waals surface area contributed by atoms with Gasteiger partial charge in [0.1, 0.15) is 18.0 Å². The molecule has 4 rings (SSSR count). The summed E-state index contributed by atoms with van der Waals surface area (Å²) >= 11 is 0. The summed E-state index contributed by atoms with van der Waals surface area (Å²) in [4.78, 5) is 38.1. The Balaban J connectivity index is 1.41. The molecule has 0 aromatic carbocycles. The lowest BCUT2D eigenvalue weighted by molar-refractivity contribution is -0.129. The number of carbonyl (C=O) groups is 2. The minimum atomic E-state index is 0.0926. The third kappa shape index (κ3) is 3.00. The minimum absolute atomic E-state index is 0.0926. The molecule has 1 aromatic heterocycles. The van der Waals surface area contributed by atoms with E-state index in [9.17, 15) is 9.59 Å². The maximum absolute atomic E-state index is 12.0. The predicted octanol–water partition coefficient (Wildman–Crippen LogP) is -0.0698. The van der Waals surface area contributed by atoms with Crippen LogP contribution in [0, 0.1) is 0 Å². The molecule has 2 aliphatic heterocycles. The number of aromatic nitrogens is 2. The Morgan fingerprint density at radius 1 is 1.17 bits per heavy atom. The Labute approximate surface area is 140 Å². The van der Waals surface area contributed by atoms with Crippen molar-refractivity contribution in [2.45, 2.75) is 31.3 Å². The Morgan fingerprint density at radius 2 is 2.00 bits per heavy atom. The van der Waals surface area contributed by atoms with Crippen molar-refractivity contribution in [3.63, 3.8) is 0 Å². The highest BCUT2D eigenvalue weighted by molar-refractivity contribution is 5.82. The molecule has 3 aliphatic rings. The van der Waals surface area contributed by atoms with Crippen LogP contribution in [-0.2, 0) is 9.59 Å². The van der Waals surface area contributed by atoms with Crippen LogP contribution in [0.25, 0.3) is 0 Å². The van der Waals surface area contributed by atoms with E-state index in [1.54, 1.807) is 4.90 Å². The number of likely N-dealkylation sites (N-methyl/N-ethyl adjacent to an activating group) is 1. The number of carbonyl (C=O) groups excluding carboxylic acids is 2. The Hall–Kier alpha value is -2.38. The number of rotatable bonds is 4. The van der Waals surface area contributed by atoms with Crippen molar-refractivity contribution >= 4 is 23.5 Å². The monoisotopic (exact) mass is 330 g/mol. The standard InChI is InChI=1S/C16H22N6O2/c1-20-4-5-21(9-16(20)24)14-7-13(17-10-18-14)19-11-6-15(23)22(8-11)12-2-3-12/h7,10-12H,2-6,8-9H2,1H3,(H,17,18,19). The molecule has 1 aromatic rings. The maximum atomic E-state index is 12.0. The summed E-state index contributed by atoms with van der Waals surface area (Å²) < 4.78 is 0. The average Bonchev–Trinajstić information content (AvgIpc) is 3.34. The summed E-state index contributed by atoms with van der Waals surface area (Å²) in [5.41, 5.74) is 0. The molecule has 1 aliphatic carbocycles. The second kappa shape index (κ2) is 5.92. The van der Waals surface area contributed by atoms with Gasteiger partial charge in [0.25, 0.3) is 0 Å². The summed E-state index contributed by atoms with van der Waals surface area (Å²) in [7, 11) is 1.81. The van der Waals surface area contributed by atoms with Crippen molar-refractivity contribution in [2.24, 2.45) is 0 Å². The van der Waals surface area contributed by atoms with Gasteiger partial charge in [0.2, 0.25) is 11.8 Å². The smallest absolute Gasteiger partial charge is 0.241 e. The molecule has 3 heterocycles. The molecule has 0 bridgehead atoms. The van der Waals surface area contributed by atoms with Gasteiger partial charge in [-0.1, -0.05) is 0 Å². The lowest BCUT2D eigenvalue weighted by Gasteiger charge is -2.32. The van der Waals surface area contributed by atoms with Crippen molar-refractivity contribution in [3.05, 3.63) is 12.4 Å². The third-order valence-electron chi connectivity index (χ3n) is 4.93. The predicted molar refractivity (Wildman–Crippen MR) is 88.6 cm³/mol. The van der Waals surface area contributed by atoms with E-state index in [2.05, 4.69) is 15.3 Å². The van der Waals surface area contributed by atoms with Crippen molar-refractivity contribution in [3.8, 4) is 0 Å². The van der Waals surface area contributed by atoms with Gasteiger partial charge in [-0.15, -0.1) is 0 Å². The molecule has 8 nitrogen and oxygen atoms in total. The Morgan fingerprint density at radius 3 is 2.75 bits per heavy atom. The molecule has 2 saturated heterocycles. The van der Waals surface area contributed by atoms with E-state index in [0.717, 1.165) is 31.7 Å². The summed E-state index contributed by atoms with van der Waals surface area (Å²) in [6, 6.07) is 2.42. The molecule has 0 radical (unpaired) electrons. The lowest BCUT2D eigenvalue weighted by Crippen LogP contribution is -2.48. The van der Waals surface area contributed by atoms with Gasteiger partial charge in [-0.2, -0.15) is 0 Å². The quantitative estimate of drug-likeness (QED) is 0.832.